The smallest absolute Gasteiger partial charge is 0.329 e. The lowest BCUT2D eigenvalue weighted by atomic mass is 10.0. The molecule has 0 bridgehead atoms. The zero-order valence-corrected chi connectivity index (χ0v) is 12.2. The molecule has 1 amide bonds. The van der Waals surface area contributed by atoms with Crippen molar-refractivity contribution < 1.29 is 14.0 Å². The first kappa shape index (κ1) is 14.6. The van der Waals surface area contributed by atoms with E-state index in [1.54, 1.807) is 18.2 Å². The minimum Gasteiger partial charge on any atom is -0.432 e. The number of oxazole rings is 1. The van der Waals surface area contributed by atoms with Crippen molar-refractivity contribution in [3.8, 4) is 0 Å². The molecule has 0 unspecified atom stereocenters. The van der Waals surface area contributed by atoms with Crippen LogP contribution in [-0.4, -0.2) is 24.5 Å². The van der Waals surface area contributed by atoms with E-state index in [1.165, 1.54) is 6.26 Å². The van der Waals surface area contributed by atoms with Crippen LogP contribution in [0.15, 0.2) is 33.4 Å². The highest BCUT2D eigenvalue weighted by Crippen LogP contribution is 2.26. The molecule has 0 fully saturated rings. The van der Waals surface area contributed by atoms with Gasteiger partial charge in [-0.2, -0.15) is 4.98 Å². The Morgan fingerprint density at radius 2 is 2.30 bits per heavy atom. The summed E-state index contributed by atoms with van der Waals surface area (Å²) >= 11 is 9.25. The fourth-order valence-electron chi connectivity index (χ4n) is 1.33. The molecule has 0 aliphatic heterocycles. The third kappa shape index (κ3) is 3.61. The quantitative estimate of drug-likeness (QED) is 0.636. The first-order valence-corrected chi connectivity index (χ1v) is 6.52. The van der Waals surface area contributed by atoms with E-state index < -0.39 is 5.91 Å². The van der Waals surface area contributed by atoms with Gasteiger partial charge in [-0.15, -0.1) is 0 Å². The molecule has 101 valence electrons. The largest absolute Gasteiger partial charge is 0.432 e. The number of carbonyl (C=O) groups is 2. The summed E-state index contributed by atoms with van der Waals surface area (Å²) in [6.07, 6.45) is 1.70. The van der Waals surface area contributed by atoms with Crippen LogP contribution in [0.1, 0.15) is 10.5 Å². The van der Waals surface area contributed by atoms with Crippen molar-refractivity contribution in [1.82, 2.24) is 4.98 Å². The molecule has 0 aliphatic carbocycles. The van der Waals surface area contributed by atoms with Gasteiger partial charge in [0.15, 0.2) is 5.69 Å². The standard InChI is InChI=1S/C11H7BBrClN3O3/c13-6-1-2-7(14)8(3-6)15-10(19)9-4-20-11(16-9)17-12-5-18/h1-5H,(H,15,19)(H,16,17). The fourth-order valence-corrected chi connectivity index (χ4v) is 1.86. The predicted octanol–water partition coefficient (Wildman–Crippen LogP) is 2.56. The number of hydrogen-bond donors (Lipinski definition) is 2. The Hall–Kier alpha value is -1.80. The Morgan fingerprint density at radius 1 is 1.50 bits per heavy atom. The number of rotatable bonds is 5. The topological polar surface area (TPSA) is 84.2 Å². The van der Waals surface area contributed by atoms with Gasteiger partial charge in [-0.25, -0.2) is 0 Å². The molecule has 2 N–H and O–H groups in total. The van der Waals surface area contributed by atoms with Gasteiger partial charge in [-0.3, -0.25) is 4.79 Å². The Balaban J connectivity index is 2.09. The van der Waals surface area contributed by atoms with Crippen LogP contribution in [0.4, 0.5) is 11.7 Å². The summed E-state index contributed by atoms with van der Waals surface area (Å²) < 4.78 is 5.74. The first-order valence-electron chi connectivity index (χ1n) is 5.35. The number of carbonyl (C=O) groups excluding carboxylic acids is 2. The number of nitrogens with zero attached hydrogens (tertiary/aromatic N) is 1. The SMILES string of the molecule is O=C[B]Nc1nc(C(=O)Nc2cc(Br)ccc2Cl)co1. The summed E-state index contributed by atoms with van der Waals surface area (Å²) in [5.74, 6) is -0.479. The third-order valence-electron chi connectivity index (χ3n) is 2.19. The second-order valence-corrected chi connectivity index (χ2v) is 4.89. The highest BCUT2D eigenvalue weighted by atomic mass is 79.9. The first-order chi connectivity index (χ1) is 9.60. The fraction of sp³-hybridized carbons (Fsp3) is 0. The molecule has 1 heterocycles. The van der Waals surface area contributed by atoms with E-state index in [0.717, 1.165) is 11.9 Å². The number of benzene rings is 1. The summed E-state index contributed by atoms with van der Waals surface area (Å²) in [7, 11) is 1.10. The molecule has 1 aromatic heterocycles. The normalized spacial score (nSPS) is 9.90. The lowest BCUT2D eigenvalue weighted by molar-refractivity contribution is 0.102. The molecule has 0 aliphatic rings. The van der Waals surface area contributed by atoms with Crippen LogP contribution in [0.25, 0.3) is 0 Å². The summed E-state index contributed by atoms with van der Waals surface area (Å²) in [6.45, 7) is 0. The average molecular weight is 355 g/mol. The second kappa shape index (κ2) is 6.58. The van der Waals surface area contributed by atoms with Crippen LogP contribution in [0.3, 0.4) is 0 Å². The lowest BCUT2D eigenvalue weighted by Crippen LogP contribution is -2.13. The number of anilines is 2. The molecule has 0 atom stereocenters. The maximum Gasteiger partial charge on any atom is 0.329 e. The highest BCUT2D eigenvalue weighted by Gasteiger charge is 2.14. The van der Waals surface area contributed by atoms with E-state index in [0.29, 0.717) is 16.9 Å². The number of amides is 1. The maximum atomic E-state index is 11.9. The van der Waals surface area contributed by atoms with Gasteiger partial charge in [0, 0.05) is 4.47 Å². The van der Waals surface area contributed by atoms with Gasteiger partial charge in [0.1, 0.15) is 12.4 Å². The predicted molar refractivity (Wildman–Crippen MR) is 79.7 cm³/mol. The van der Waals surface area contributed by atoms with Gasteiger partial charge in [0.05, 0.1) is 10.7 Å². The van der Waals surface area contributed by atoms with E-state index in [2.05, 4.69) is 31.5 Å². The van der Waals surface area contributed by atoms with Crippen LogP contribution in [0.5, 0.6) is 0 Å². The molecule has 1 radical (unpaired) electrons. The van der Waals surface area contributed by atoms with Crippen molar-refractivity contribution in [1.29, 1.82) is 0 Å². The minimum atomic E-state index is -0.479. The average Bonchev–Trinajstić information content (AvgIpc) is 2.89. The van der Waals surface area contributed by atoms with E-state index >= 15 is 0 Å². The van der Waals surface area contributed by atoms with Gasteiger partial charge in [-0.1, -0.05) is 27.5 Å². The van der Waals surface area contributed by atoms with E-state index in [-0.39, 0.29) is 11.7 Å². The molecular weight excluding hydrogens is 348 g/mol. The molecule has 0 saturated carbocycles. The zero-order chi connectivity index (χ0) is 14.5. The molecule has 9 heteroatoms. The monoisotopic (exact) mass is 354 g/mol. The summed E-state index contributed by atoms with van der Waals surface area (Å²) in [4.78, 5) is 26.0. The molecule has 1 aromatic carbocycles. The Labute approximate surface area is 128 Å². The maximum absolute atomic E-state index is 11.9. The molecule has 0 saturated heterocycles. The van der Waals surface area contributed by atoms with Crippen molar-refractivity contribution >= 4 is 58.7 Å². The van der Waals surface area contributed by atoms with Gasteiger partial charge >= 0.3 is 7.41 Å². The Kier molecular flexibility index (Phi) is 4.81. The van der Waals surface area contributed by atoms with Gasteiger partial charge in [-0.05, 0) is 18.2 Å². The summed E-state index contributed by atoms with van der Waals surface area (Å²) in [5.41, 5.74) is 0.505. The van der Waals surface area contributed by atoms with Gasteiger partial charge in [0.2, 0.25) is 0 Å². The van der Waals surface area contributed by atoms with Crippen molar-refractivity contribution in [2.24, 2.45) is 0 Å². The van der Waals surface area contributed by atoms with Crippen LogP contribution >= 0.6 is 27.5 Å². The van der Waals surface area contributed by atoms with E-state index in [9.17, 15) is 9.59 Å². The lowest BCUT2D eigenvalue weighted by Gasteiger charge is -2.05. The summed E-state index contributed by atoms with van der Waals surface area (Å²) in [6, 6.07) is 5.11. The Morgan fingerprint density at radius 3 is 3.05 bits per heavy atom. The van der Waals surface area contributed by atoms with Crippen LogP contribution in [0, 0.1) is 0 Å². The number of aromatic nitrogens is 1. The molecule has 2 rings (SSSR count). The highest BCUT2D eigenvalue weighted by molar-refractivity contribution is 9.10. The van der Waals surface area contributed by atoms with Crippen molar-refractivity contribution in [2.75, 3.05) is 10.5 Å². The molecule has 6 nitrogen and oxygen atoms in total. The van der Waals surface area contributed by atoms with Crippen LogP contribution in [0.2, 0.25) is 5.02 Å². The number of halogens is 2. The summed E-state index contributed by atoms with van der Waals surface area (Å²) in [5, 5.41) is 5.48. The van der Waals surface area contributed by atoms with E-state index in [1.807, 2.05) is 0 Å². The number of hydrogen-bond acceptors (Lipinski definition) is 5. The van der Waals surface area contributed by atoms with Crippen LogP contribution < -0.4 is 10.5 Å². The van der Waals surface area contributed by atoms with Crippen molar-refractivity contribution in [3.05, 3.63) is 39.7 Å². The minimum absolute atomic E-state index is 0.0441. The van der Waals surface area contributed by atoms with Gasteiger partial charge < -0.3 is 19.8 Å². The molecular formula is C11H7BBrClN3O3. The molecule has 0 spiro atoms. The van der Waals surface area contributed by atoms with Crippen molar-refractivity contribution in [2.45, 2.75) is 0 Å². The Bertz CT molecular complexity index is 650. The zero-order valence-electron chi connectivity index (χ0n) is 9.89. The number of nitrogens with one attached hydrogen (secondary N) is 2. The van der Waals surface area contributed by atoms with E-state index in [4.69, 9.17) is 16.0 Å². The van der Waals surface area contributed by atoms with Gasteiger partial charge in [0.25, 0.3) is 11.9 Å². The second-order valence-electron chi connectivity index (χ2n) is 3.56. The van der Waals surface area contributed by atoms with Crippen LogP contribution in [-0.2, 0) is 4.79 Å². The molecule has 20 heavy (non-hydrogen) atoms. The molecule has 2 aromatic rings. The third-order valence-corrected chi connectivity index (χ3v) is 3.01. The van der Waals surface area contributed by atoms with Crippen molar-refractivity contribution in [3.63, 3.8) is 0 Å².